The fourth-order valence-corrected chi connectivity index (χ4v) is 8.60. The first kappa shape index (κ1) is 32.8. The van der Waals surface area contributed by atoms with Crippen LogP contribution in [0.2, 0.25) is 0 Å². The van der Waals surface area contributed by atoms with Crippen LogP contribution in [0, 0.1) is 0 Å². The highest BCUT2D eigenvalue weighted by Crippen LogP contribution is 2.45. The Morgan fingerprint density at radius 3 is 1.77 bits per heavy atom. The van der Waals surface area contributed by atoms with Gasteiger partial charge in [0.2, 0.25) is 0 Å². The highest BCUT2D eigenvalue weighted by molar-refractivity contribution is 6.11. The van der Waals surface area contributed by atoms with Gasteiger partial charge in [-0.15, -0.1) is 0 Å². The van der Waals surface area contributed by atoms with E-state index in [9.17, 15) is 0 Å². The summed E-state index contributed by atoms with van der Waals surface area (Å²) in [6.07, 6.45) is 0. The zero-order valence-corrected chi connectivity index (χ0v) is 31.1. The van der Waals surface area contributed by atoms with Gasteiger partial charge in [0, 0.05) is 44.2 Å². The van der Waals surface area contributed by atoms with Gasteiger partial charge in [-0.2, -0.15) is 0 Å². The lowest BCUT2D eigenvalue weighted by atomic mass is 9.94. The normalized spacial score (nSPS) is 11.5. The van der Waals surface area contributed by atoms with E-state index in [-0.39, 0.29) is 0 Å². The quantitative estimate of drug-likeness (QED) is 0.163. The molecule has 2 aromatic heterocycles. The SMILES string of the molecule is c1ccc(-c2ccccc2-c2cccc(N(c3ccc4c5ccccc5n(-c5ccccc5)c4c3)c3ccccc3-c3ccc4oc5ccccc5c4c3)c2)cc1. The number of anilines is 3. The summed E-state index contributed by atoms with van der Waals surface area (Å²) in [5.41, 5.74) is 15.5. The van der Waals surface area contributed by atoms with E-state index in [1.165, 1.54) is 33.0 Å². The Hall–Kier alpha value is -7.62. The standard InChI is InChI=1S/C54H36N2O/c1-3-16-37(17-4-1)43-22-7-8-23-44(43)38-18-15-21-41(34-38)55(42-31-32-47-46-25-10-13-28-51(46)56(52(47)36-42)40-19-5-2-6-20-40)50-27-12-9-24-45(50)39-30-33-54-49(35-39)48-26-11-14-29-53(48)57-54/h1-36H. The molecular weight excluding hydrogens is 693 g/mol. The smallest absolute Gasteiger partial charge is 0.135 e. The molecule has 0 radical (unpaired) electrons. The first-order chi connectivity index (χ1) is 28.3. The average Bonchev–Trinajstić information content (AvgIpc) is 3.82. The minimum atomic E-state index is 0.887. The second-order valence-corrected chi connectivity index (χ2v) is 14.5. The molecule has 0 bridgehead atoms. The molecule has 0 aliphatic carbocycles. The summed E-state index contributed by atoms with van der Waals surface area (Å²) in [4.78, 5) is 2.42. The number of hydrogen-bond acceptors (Lipinski definition) is 2. The van der Waals surface area contributed by atoms with E-state index in [1.807, 2.05) is 12.1 Å². The third-order valence-corrected chi connectivity index (χ3v) is 11.2. The van der Waals surface area contributed by atoms with Crippen molar-refractivity contribution in [2.24, 2.45) is 0 Å². The van der Waals surface area contributed by atoms with Crippen molar-refractivity contribution in [3.63, 3.8) is 0 Å². The molecule has 3 nitrogen and oxygen atoms in total. The molecule has 57 heavy (non-hydrogen) atoms. The highest BCUT2D eigenvalue weighted by atomic mass is 16.3. The molecule has 11 aromatic rings. The van der Waals surface area contributed by atoms with Crippen LogP contribution in [0.25, 0.3) is 82.8 Å². The number of benzene rings is 9. The molecule has 0 fully saturated rings. The van der Waals surface area contributed by atoms with Gasteiger partial charge >= 0.3 is 0 Å². The molecule has 0 aliphatic rings. The van der Waals surface area contributed by atoms with E-state index in [1.54, 1.807) is 0 Å². The van der Waals surface area contributed by atoms with Crippen molar-refractivity contribution in [1.82, 2.24) is 4.57 Å². The topological polar surface area (TPSA) is 21.3 Å². The van der Waals surface area contributed by atoms with Crippen molar-refractivity contribution in [3.8, 4) is 39.1 Å². The number of hydrogen-bond donors (Lipinski definition) is 0. The fourth-order valence-electron chi connectivity index (χ4n) is 8.60. The van der Waals surface area contributed by atoms with Gasteiger partial charge in [-0.3, -0.25) is 0 Å². The van der Waals surface area contributed by atoms with Crippen molar-refractivity contribution in [2.45, 2.75) is 0 Å². The zero-order chi connectivity index (χ0) is 37.7. The van der Waals surface area contributed by atoms with Crippen molar-refractivity contribution < 1.29 is 4.42 Å². The summed E-state index contributed by atoms with van der Waals surface area (Å²) in [7, 11) is 0. The summed E-state index contributed by atoms with van der Waals surface area (Å²) in [6, 6.07) is 78.3. The van der Waals surface area contributed by atoms with Gasteiger partial charge in [0.05, 0.1) is 16.7 Å². The average molecular weight is 729 g/mol. The van der Waals surface area contributed by atoms with Gasteiger partial charge in [-0.1, -0.05) is 152 Å². The van der Waals surface area contributed by atoms with Crippen LogP contribution in [0.5, 0.6) is 0 Å². The molecule has 0 atom stereocenters. The van der Waals surface area contributed by atoms with Gasteiger partial charge in [-0.05, 0) is 94.5 Å². The van der Waals surface area contributed by atoms with E-state index in [4.69, 9.17) is 4.42 Å². The predicted molar refractivity (Wildman–Crippen MR) is 239 cm³/mol. The number of aromatic nitrogens is 1. The summed E-state index contributed by atoms with van der Waals surface area (Å²) >= 11 is 0. The maximum absolute atomic E-state index is 6.26. The Bertz CT molecular complexity index is 3250. The van der Waals surface area contributed by atoms with Crippen LogP contribution in [0.3, 0.4) is 0 Å². The summed E-state index contributed by atoms with van der Waals surface area (Å²) in [5.74, 6) is 0. The van der Waals surface area contributed by atoms with Crippen molar-refractivity contribution >= 4 is 60.8 Å². The molecule has 3 heteroatoms. The molecule has 0 saturated heterocycles. The lowest BCUT2D eigenvalue weighted by Gasteiger charge is -2.28. The largest absolute Gasteiger partial charge is 0.456 e. The van der Waals surface area contributed by atoms with Crippen molar-refractivity contribution in [1.29, 1.82) is 0 Å². The van der Waals surface area contributed by atoms with E-state index < -0.39 is 0 Å². The summed E-state index contributed by atoms with van der Waals surface area (Å²) in [5, 5.41) is 4.68. The Morgan fingerprint density at radius 2 is 0.930 bits per heavy atom. The van der Waals surface area contributed by atoms with Gasteiger partial charge in [0.15, 0.2) is 0 Å². The second-order valence-electron chi connectivity index (χ2n) is 14.5. The van der Waals surface area contributed by atoms with Crippen molar-refractivity contribution in [2.75, 3.05) is 4.90 Å². The Morgan fingerprint density at radius 1 is 0.333 bits per heavy atom. The van der Waals surface area contributed by atoms with Crippen LogP contribution in [0.15, 0.2) is 223 Å². The Labute approximate surface area is 330 Å². The number of rotatable bonds is 7. The molecule has 0 amide bonds. The zero-order valence-electron chi connectivity index (χ0n) is 31.1. The van der Waals surface area contributed by atoms with Gasteiger partial charge < -0.3 is 13.9 Å². The molecule has 9 aromatic carbocycles. The summed E-state index contributed by atoms with van der Waals surface area (Å²) < 4.78 is 8.65. The monoisotopic (exact) mass is 728 g/mol. The van der Waals surface area contributed by atoms with Crippen LogP contribution >= 0.6 is 0 Å². The lowest BCUT2D eigenvalue weighted by Crippen LogP contribution is -2.11. The first-order valence-corrected chi connectivity index (χ1v) is 19.4. The number of furan rings is 1. The van der Waals surface area contributed by atoms with Gasteiger partial charge in [-0.25, -0.2) is 0 Å². The van der Waals surface area contributed by atoms with Crippen LogP contribution in [0.1, 0.15) is 0 Å². The first-order valence-electron chi connectivity index (χ1n) is 19.4. The van der Waals surface area contributed by atoms with Crippen LogP contribution < -0.4 is 4.90 Å². The maximum atomic E-state index is 6.26. The number of nitrogens with zero attached hydrogens (tertiary/aromatic N) is 2. The molecule has 0 unspecified atom stereocenters. The van der Waals surface area contributed by atoms with Gasteiger partial charge in [0.1, 0.15) is 11.2 Å². The van der Waals surface area contributed by atoms with Crippen molar-refractivity contribution in [3.05, 3.63) is 218 Å². The molecule has 0 spiro atoms. The minimum absolute atomic E-state index is 0.887. The molecule has 2 heterocycles. The van der Waals surface area contributed by atoms with E-state index in [0.717, 1.165) is 66.9 Å². The minimum Gasteiger partial charge on any atom is -0.456 e. The third kappa shape index (κ3) is 5.60. The Balaban J connectivity index is 1.16. The van der Waals surface area contributed by atoms with Crippen LogP contribution in [0.4, 0.5) is 17.1 Å². The number of fused-ring (bicyclic) bond motifs is 6. The van der Waals surface area contributed by atoms with Gasteiger partial charge in [0.25, 0.3) is 0 Å². The maximum Gasteiger partial charge on any atom is 0.135 e. The molecule has 11 rings (SSSR count). The molecular formula is C54H36N2O. The summed E-state index contributed by atoms with van der Waals surface area (Å²) in [6.45, 7) is 0. The predicted octanol–water partition coefficient (Wildman–Crippen LogP) is 15.2. The number of para-hydroxylation sites is 4. The fraction of sp³-hybridized carbons (Fsp3) is 0. The third-order valence-electron chi connectivity index (χ3n) is 11.2. The van der Waals surface area contributed by atoms with Crippen LogP contribution in [-0.2, 0) is 0 Å². The van der Waals surface area contributed by atoms with E-state index in [0.29, 0.717) is 0 Å². The molecule has 0 aliphatic heterocycles. The highest BCUT2D eigenvalue weighted by Gasteiger charge is 2.21. The Kier molecular flexibility index (Phi) is 7.82. The molecule has 0 N–H and O–H groups in total. The van der Waals surface area contributed by atoms with E-state index >= 15 is 0 Å². The molecule has 268 valence electrons. The van der Waals surface area contributed by atoms with Crippen LogP contribution in [-0.4, -0.2) is 4.57 Å². The van der Waals surface area contributed by atoms with E-state index in [2.05, 4.69) is 216 Å². The lowest BCUT2D eigenvalue weighted by molar-refractivity contribution is 0.669. The second kappa shape index (κ2) is 13.6. The molecule has 0 saturated carbocycles.